The molecule has 4 aliphatic rings. The summed E-state index contributed by atoms with van der Waals surface area (Å²) in [5, 5.41) is 40.7. The van der Waals surface area contributed by atoms with E-state index >= 15 is 4.79 Å². The lowest BCUT2D eigenvalue weighted by Crippen LogP contribution is -2.81. The third kappa shape index (κ3) is 9.52. The van der Waals surface area contributed by atoms with Crippen LogP contribution in [-0.4, -0.2) is 117 Å². The second kappa shape index (κ2) is 18.9. The third-order valence-electron chi connectivity index (χ3n) is 14.0. The van der Waals surface area contributed by atoms with E-state index < -0.39 is 131 Å². The van der Waals surface area contributed by atoms with Gasteiger partial charge in [0.1, 0.15) is 47.4 Å². The number of carbonyl (C=O) groups is 7. The van der Waals surface area contributed by atoms with E-state index in [-0.39, 0.29) is 47.5 Å². The summed E-state index contributed by atoms with van der Waals surface area (Å²) in [7, 11) is 0. The second-order valence-corrected chi connectivity index (χ2v) is 20.2. The fraction of sp³-hybridized carbons (Fsp3) is 0.580. The molecule has 0 unspecified atom stereocenters. The molecule has 17 heteroatoms. The van der Waals surface area contributed by atoms with Crippen LogP contribution in [0.2, 0.25) is 0 Å². The highest BCUT2D eigenvalue weighted by Gasteiger charge is 2.78. The van der Waals surface area contributed by atoms with Gasteiger partial charge in [-0.15, -0.1) is 0 Å². The quantitative estimate of drug-likeness (QED) is 0.120. The maximum atomic E-state index is 15.2. The van der Waals surface area contributed by atoms with Gasteiger partial charge in [0.2, 0.25) is 6.10 Å². The van der Waals surface area contributed by atoms with Crippen molar-refractivity contribution in [1.29, 1.82) is 0 Å². The van der Waals surface area contributed by atoms with Gasteiger partial charge in [0.25, 0.3) is 0 Å². The van der Waals surface area contributed by atoms with Crippen molar-refractivity contribution in [1.82, 2.24) is 5.32 Å². The largest absolute Gasteiger partial charge is 0.455 e. The molecule has 1 aliphatic heterocycles. The lowest BCUT2D eigenvalue weighted by molar-refractivity contribution is -0.346. The highest BCUT2D eigenvalue weighted by atomic mass is 16.6. The first-order valence-electron chi connectivity index (χ1n) is 22.6. The van der Waals surface area contributed by atoms with Crippen LogP contribution < -0.4 is 5.32 Å². The molecule has 17 nitrogen and oxygen atoms in total. The first-order valence-corrected chi connectivity index (χ1v) is 22.6. The number of hydrogen-bond acceptors (Lipinski definition) is 16. The van der Waals surface area contributed by atoms with E-state index in [4.69, 9.17) is 28.4 Å². The number of Topliss-reactive ketones (excluding diaryl/α,β-unsaturated/α-hetero) is 2. The zero-order valence-electron chi connectivity index (χ0n) is 39.7. The Hall–Kier alpha value is -5.49. The van der Waals surface area contributed by atoms with Gasteiger partial charge in [-0.3, -0.25) is 19.2 Å². The first-order chi connectivity index (χ1) is 31.2. The van der Waals surface area contributed by atoms with Crippen LogP contribution in [0.25, 0.3) is 0 Å². The van der Waals surface area contributed by atoms with Gasteiger partial charge in [0, 0.05) is 37.5 Å². The van der Waals surface area contributed by atoms with Crippen LogP contribution in [-0.2, 0) is 52.4 Å². The van der Waals surface area contributed by atoms with Crippen molar-refractivity contribution in [2.45, 2.75) is 154 Å². The molecule has 1 heterocycles. The van der Waals surface area contributed by atoms with Gasteiger partial charge in [0.05, 0.1) is 36.0 Å². The average molecular weight is 934 g/mol. The lowest BCUT2D eigenvalue weighted by atomic mass is 9.44. The highest BCUT2D eigenvalue weighted by molar-refractivity contribution is 5.94. The Morgan fingerprint density at radius 3 is 2.07 bits per heavy atom. The van der Waals surface area contributed by atoms with Gasteiger partial charge in [0.15, 0.2) is 11.4 Å². The summed E-state index contributed by atoms with van der Waals surface area (Å²) < 4.78 is 35.9. The number of benzene rings is 2. The monoisotopic (exact) mass is 933 g/mol. The van der Waals surface area contributed by atoms with E-state index in [1.807, 2.05) is 0 Å². The number of fused-ring (bicyclic) bond motifs is 5. The normalized spacial score (nSPS) is 30.7. The molecule has 2 aromatic carbocycles. The zero-order valence-corrected chi connectivity index (χ0v) is 39.7. The number of carbonyl (C=O) groups excluding carboxylic acids is 7. The summed E-state index contributed by atoms with van der Waals surface area (Å²) in [6.07, 6.45) is -12.6. The summed E-state index contributed by atoms with van der Waals surface area (Å²) in [5.74, 6) is -7.16. The number of alkyl carbamates (subject to hydrolysis) is 1. The number of rotatable bonds is 13. The fourth-order valence-electron chi connectivity index (χ4n) is 10.4. The predicted molar refractivity (Wildman–Crippen MR) is 237 cm³/mol. The number of aliphatic hydroxyl groups excluding tert-OH is 2. The number of amides is 1. The van der Waals surface area contributed by atoms with Crippen LogP contribution in [0.3, 0.4) is 0 Å². The summed E-state index contributed by atoms with van der Waals surface area (Å²) in [6, 6.07) is 14.4. The number of ether oxygens (including phenoxy) is 6. The Morgan fingerprint density at radius 2 is 1.52 bits per heavy atom. The Kier molecular flexibility index (Phi) is 14.4. The topological polar surface area (TPSA) is 248 Å². The van der Waals surface area contributed by atoms with E-state index in [1.165, 1.54) is 39.8 Å². The average Bonchev–Trinajstić information content (AvgIpc) is 3.25. The number of aliphatic hydroxyl groups is 3. The highest BCUT2D eigenvalue weighted by Crippen LogP contribution is 2.64. The van der Waals surface area contributed by atoms with Gasteiger partial charge in [-0.25, -0.2) is 14.4 Å². The van der Waals surface area contributed by atoms with Crippen molar-refractivity contribution in [3.8, 4) is 0 Å². The minimum atomic E-state index is -2.44. The predicted octanol–water partition coefficient (Wildman–Crippen LogP) is 4.82. The van der Waals surface area contributed by atoms with Crippen LogP contribution in [0.5, 0.6) is 0 Å². The van der Waals surface area contributed by atoms with Crippen LogP contribution in [0.15, 0.2) is 71.8 Å². The lowest BCUT2D eigenvalue weighted by Gasteiger charge is -2.67. The minimum Gasteiger partial charge on any atom is -0.455 e. The molecule has 4 N–H and O–H groups in total. The molecule has 2 saturated carbocycles. The molecular weight excluding hydrogens is 871 g/mol. The van der Waals surface area contributed by atoms with Crippen LogP contribution >= 0.6 is 0 Å². The maximum Gasteiger partial charge on any atom is 0.408 e. The van der Waals surface area contributed by atoms with E-state index in [0.717, 1.165) is 6.92 Å². The number of hydrogen-bond donors (Lipinski definition) is 4. The van der Waals surface area contributed by atoms with E-state index in [1.54, 1.807) is 83.1 Å². The fourth-order valence-corrected chi connectivity index (χ4v) is 10.4. The van der Waals surface area contributed by atoms with Gasteiger partial charge < -0.3 is 49.1 Å². The Bertz CT molecular complexity index is 2290. The molecule has 0 radical (unpaired) electrons. The molecule has 3 aliphatic carbocycles. The molecule has 67 heavy (non-hydrogen) atoms. The zero-order chi connectivity index (χ0) is 49.6. The molecule has 2 bridgehead atoms. The molecule has 0 aromatic heterocycles. The first kappa shape index (κ1) is 50.9. The summed E-state index contributed by atoms with van der Waals surface area (Å²) in [4.78, 5) is 97.1. The third-order valence-corrected chi connectivity index (χ3v) is 14.0. The molecule has 2 aromatic rings. The molecule has 0 spiro atoms. The van der Waals surface area contributed by atoms with E-state index in [0.29, 0.717) is 0 Å². The van der Waals surface area contributed by atoms with Crippen molar-refractivity contribution in [2.75, 3.05) is 6.61 Å². The maximum absolute atomic E-state index is 15.2. The van der Waals surface area contributed by atoms with Crippen molar-refractivity contribution in [2.24, 2.45) is 22.7 Å². The Morgan fingerprint density at radius 1 is 0.910 bits per heavy atom. The summed E-state index contributed by atoms with van der Waals surface area (Å²) in [6.45, 7) is 14.9. The number of nitrogens with one attached hydrogen (secondary N) is 1. The minimum absolute atomic E-state index is 0.0493. The SMILES string of the molecule is CC(=O)O[C@@]12CO[C@@H]1C[C@H](O)[C@@]1(C)C(=O)[C@H](O)C3=C(C)[C@@H](OC(=O)[C@H](OC(=O)CCC(=O)C(C)C)[C@@H](NC(=O)OC(C)(C)C)c4ccccc4)C[C@@](O)([C@@H](OC(=O)c4ccccc4)[C@H]21)C3(C)C. The van der Waals surface area contributed by atoms with Gasteiger partial charge in [-0.1, -0.05) is 76.2 Å². The van der Waals surface area contributed by atoms with Crippen molar-refractivity contribution >= 4 is 41.5 Å². The molecule has 11 atom stereocenters. The molecule has 364 valence electrons. The van der Waals surface area contributed by atoms with Crippen molar-refractivity contribution < 1.29 is 77.3 Å². The van der Waals surface area contributed by atoms with Crippen LogP contribution in [0.4, 0.5) is 4.79 Å². The summed E-state index contributed by atoms with van der Waals surface area (Å²) in [5.41, 5.74) is -8.68. The molecule has 6 rings (SSSR count). The number of ketones is 2. The Labute approximate surface area is 389 Å². The van der Waals surface area contributed by atoms with Gasteiger partial charge >= 0.3 is 30.0 Å². The van der Waals surface area contributed by atoms with E-state index in [9.17, 15) is 44.1 Å². The van der Waals surface area contributed by atoms with Crippen LogP contribution in [0, 0.1) is 22.7 Å². The van der Waals surface area contributed by atoms with Crippen molar-refractivity contribution in [3.63, 3.8) is 0 Å². The van der Waals surface area contributed by atoms with Gasteiger partial charge in [-0.05, 0) is 63.5 Å². The summed E-state index contributed by atoms with van der Waals surface area (Å²) >= 11 is 0. The van der Waals surface area contributed by atoms with Crippen LogP contribution in [0.1, 0.15) is 117 Å². The Balaban J connectivity index is 1.52. The second-order valence-electron chi connectivity index (χ2n) is 20.2. The number of esters is 4. The smallest absolute Gasteiger partial charge is 0.408 e. The molecule has 1 amide bonds. The molecular formula is C50H63NO16. The molecule has 3 fully saturated rings. The van der Waals surface area contributed by atoms with Gasteiger partial charge in [-0.2, -0.15) is 0 Å². The van der Waals surface area contributed by atoms with E-state index in [2.05, 4.69) is 5.32 Å². The standard InChI is InChI=1S/C50H63NO16/c1-26(2)31(53)21-22-35(55)64-39(37(29-17-13-11-14-18-29)51-45(60)67-46(5,6)7)44(59)63-32-24-50(61)42(65-43(58)30-19-15-12-16-20-30)40-48(10,41(57)38(56)36(27(32)3)47(50,8)9)33(54)23-34-49(40,25-62-34)66-28(4)52/h11-20,26,32-34,37-40,42,54,56,61H,21-25H2,1-10H3,(H,51,60)/t32-,33-,34+,37-,38+,39+,40-,42-,48+,49-,50+/m0/s1. The van der Waals surface area contributed by atoms with Crippen molar-refractivity contribution in [3.05, 3.63) is 82.9 Å². The molecule has 1 saturated heterocycles.